The lowest BCUT2D eigenvalue weighted by atomic mass is 9.85. The molecule has 0 aromatic rings. The topological polar surface area (TPSA) is 46.1 Å². The van der Waals surface area contributed by atoms with Crippen LogP contribution in [0.1, 0.15) is 64.7 Å². The molecule has 2 saturated carbocycles. The summed E-state index contributed by atoms with van der Waals surface area (Å²) in [4.78, 5) is 7.25. The molecule has 0 aromatic carbocycles. The Bertz CT molecular complexity index is 429. The minimum Gasteiger partial charge on any atom is -0.385 e. The molecule has 1 heterocycles. The van der Waals surface area contributed by atoms with Gasteiger partial charge in [0.25, 0.3) is 0 Å². The zero-order valence-corrected chi connectivity index (χ0v) is 16.9. The van der Waals surface area contributed by atoms with E-state index in [2.05, 4.69) is 17.1 Å². The molecule has 2 unspecified atom stereocenters. The summed E-state index contributed by atoms with van der Waals surface area (Å²) < 4.78 is 11.1. The molecule has 2 atom stereocenters. The molecule has 0 spiro atoms. The number of hydrogen-bond acceptors (Lipinski definition) is 3. The SMILES string of the molecule is CCN=C(NC1CC1C1CCCCC1)N1CCC(OCCCOC)CC1. The maximum Gasteiger partial charge on any atom is 0.194 e. The van der Waals surface area contributed by atoms with E-state index in [0.717, 1.165) is 69.9 Å². The van der Waals surface area contributed by atoms with Crippen molar-refractivity contribution in [2.24, 2.45) is 16.8 Å². The average Bonchev–Trinajstić information content (AvgIpc) is 3.45. The maximum atomic E-state index is 6.00. The average molecular weight is 366 g/mol. The van der Waals surface area contributed by atoms with Crippen LogP contribution in [0.15, 0.2) is 4.99 Å². The van der Waals surface area contributed by atoms with Crippen LogP contribution in [0.3, 0.4) is 0 Å². The van der Waals surface area contributed by atoms with Gasteiger partial charge in [0.2, 0.25) is 0 Å². The van der Waals surface area contributed by atoms with Crippen molar-refractivity contribution in [1.82, 2.24) is 10.2 Å². The largest absolute Gasteiger partial charge is 0.385 e. The van der Waals surface area contributed by atoms with Gasteiger partial charge in [-0.1, -0.05) is 32.1 Å². The van der Waals surface area contributed by atoms with Crippen molar-refractivity contribution < 1.29 is 9.47 Å². The van der Waals surface area contributed by atoms with E-state index < -0.39 is 0 Å². The van der Waals surface area contributed by atoms with Gasteiger partial charge in [-0.05, 0) is 44.4 Å². The Morgan fingerprint density at radius 2 is 1.85 bits per heavy atom. The van der Waals surface area contributed by atoms with Crippen LogP contribution < -0.4 is 5.32 Å². The number of nitrogens with one attached hydrogen (secondary N) is 1. The van der Waals surface area contributed by atoms with Crippen LogP contribution in [0, 0.1) is 11.8 Å². The first-order valence-electron chi connectivity index (χ1n) is 11.0. The molecule has 26 heavy (non-hydrogen) atoms. The van der Waals surface area contributed by atoms with Crippen molar-refractivity contribution in [3.8, 4) is 0 Å². The van der Waals surface area contributed by atoms with Gasteiger partial charge in [-0.15, -0.1) is 0 Å². The molecule has 0 aromatic heterocycles. The summed E-state index contributed by atoms with van der Waals surface area (Å²) in [5.41, 5.74) is 0. The summed E-state index contributed by atoms with van der Waals surface area (Å²) >= 11 is 0. The quantitative estimate of drug-likeness (QED) is 0.407. The molecule has 0 bridgehead atoms. The fourth-order valence-electron chi connectivity index (χ4n) is 4.70. The highest BCUT2D eigenvalue weighted by atomic mass is 16.5. The highest BCUT2D eigenvalue weighted by molar-refractivity contribution is 5.80. The molecule has 5 heteroatoms. The fourth-order valence-corrected chi connectivity index (χ4v) is 4.70. The number of hydrogen-bond donors (Lipinski definition) is 1. The molecule has 3 aliphatic rings. The van der Waals surface area contributed by atoms with E-state index in [4.69, 9.17) is 14.5 Å². The monoisotopic (exact) mass is 365 g/mol. The van der Waals surface area contributed by atoms with E-state index in [9.17, 15) is 0 Å². The van der Waals surface area contributed by atoms with Crippen molar-refractivity contribution in [1.29, 1.82) is 0 Å². The van der Waals surface area contributed by atoms with Crippen LogP contribution >= 0.6 is 0 Å². The molecule has 0 amide bonds. The van der Waals surface area contributed by atoms with Gasteiger partial charge in [-0.3, -0.25) is 4.99 Å². The zero-order chi connectivity index (χ0) is 18.2. The Morgan fingerprint density at radius 1 is 1.08 bits per heavy atom. The van der Waals surface area contributed by atoms with Crippen LogP contribution in [0.2, 0.25) is 0 Å². The van der Waals surface area contributed by atoms with Crippen LogP contribution in [0.5, 0.6) is 0 Å². The van der Waals surface area contributed by atoms with E-state index >= 15 is 0 Å². The summed E-state index contributed by atoms with van der Waals surface area (Å²) in [5.74, 6) is 3.02. The lowest BCUT2D eigenvalue weighted by molar-refractivity contribution is 0.00987. The number of likely N-dealkylation sites (tertiary alicyclic amines) is 1. The lowest BCUT2D eigenvalue weighted by Gasteiger charge is -2.34. The third kappa shape index (κ3) is 5.85. The van der Waals surface area contributed by atoms with Crippen LogP contribution in [-0.4, -0.2) is 63.0 Å². The minimum atomic E-state index is 0.405. The number of rotatable bonds is 8. The minimum absolute atomic E-state index is 0.405. The number of nitrogens with zero attached hydrogens (tertiary/aromatic N) is 2. The highest BCUT2D eigenvalue weighted by Gasteiger charge is 2.44. The van der Waals surface area contributed by atoms with Gasteiger partial charge in [0.15, 0.2) is 5.96 Å². The van der Waals surface area contributed by atoms with Crippen LogP contribution in [0.25, 0.3) is 0 Å². The Morgan fingerprint density at radius 3 is 2.54 bits per heavy atom. The Kier molecular flexibility index (Phi) is 8.06. The first-order valence-corrected chi connectivity index (χ1v) is 11.0. The summed E-state index contributed by atoms with van der Waals surface area (Å²) in [6, 6.07) is 0.673. The zero-order valence-electron chi connectivity index (χ0n) is 16.9. The predicted molar refractivity (Wildman–Crippen MR) is 107 cm³/mol. The second-order valence-electron chi connectivity index (χ2n) is 8.25. The number of guanidine groups is 1. The lowest BCUT2D eigenvalue weighted by Crippen LogP contribution is -2.48. The van der Waals surface area contributed by atoms with Crippen LogP contribution in [-0.2, 0) is 9.47 Å². The Hall–Kier alpha value is -0.810. The van der Waals surface area contributed by atoms with Crippen molar-refractivity contribution in [2.75, 3.05) is 40.0 Å². The fraction of sp³-hybridized carbons (Fsp3) is 0.952. The van der Waals surface area contributed by atoms with Gasteiger partial charge >= 0.3 is 0 Å². The summed E-state index contributed by atoms with van der Waals surface area (Å²) in [7, 11) is 1.75. The van der Waals surface area contributed by atoms with Crippen molar-refractivity contribution in [2.45, 2.75) is 76.9 Å². The van der Waals surface area contributed by atoms with Gasteiger partial charge in [0, 0.05) is 46.0 Å². The molecule has 3 rings (SSSR count). The molecule has 2 aliphatic carbocycles. The van der Waals surface area contributed by atoms with Crippen molar-refractivity contribution >= 4 is 5.96 Å². The number of methoxy groups -OCH3 is 1. The molecule has 0 radical (unpaired) electrons. The number of ether oxygens (including phenoxy) is 2. The van der Waals surface area contributed by atoms with Gasteiger partial charge in [0.1, 0.15) is 0 Å². The summed E-state index contributed by atoms with van der Waals surface area (Å²) in [5, 5.41) is 3.80. The summed E-state index contributed by atoms with van der Waals surface area (Å²) in [6.45, 7) is 6.72. The van der Waals surface area contributed by atoms with E-state index in [1.165, 1.54) is 38.5 Å². The van der Waals surface area contributed by atoms with E-state index in [1.807, 2.05) is 0 Å². The second-order valence-corrected chi connectivity index (χ2v) is 8.25. The normalized spacial score (nSPS) is 28.4. The van der Waals surface area contributed by atoms with Crippen molar-refractivity contribution in [3.63, 3.8) is 0 Å². The van der Waals surface area contributed by atoms with E-state index in [0.29, 0.717) is 12.1 Å². The van der Waals surface area contributed by atoms with Gasteiger partial charge in [0.05, 0.1) is 6.10 Å². The molecule has 3 fully saturated rings. The van der Waals surface area contributed by atoms with Gasteiger partial charge in [-0.2, -0.15) is 0 Å². The van der Waals surface area contributed by atoms with Crippen LogP contribution in [0.4, 0.5) is 0 Å². The number of aliphatic imine (C=N–C) groups is 1. The number of piperidine rings is 1. The first kappa shape index (κ1) is 19.9. The van der Waals surface area contributed by atoms with Gasteiger partial charge in [-0.25, -0.2) is 0 Å². The predicted octanol–water partition coefficient (Wildman–Crippen LogP) is 3.44. The second kappa shape index (κ2) is 10.5. The molecular weight excluding hydrogens is 326 g/mol. The van der Waals surface area contributed by atoms with E-state index in [1.54, 1.807) is 7.11 Å². The van der Waals surface area contributed by atoms with Crippen molar-refractivity contribution in [3.05, 3.63) is 0 Å². The van der Waals surface area contributed by atoms with Gasteiger partial charge < -0.3 is 19.7 Å². The molecule has 150 valence electrons. The van der Waals surface area contributed by atoms with E-state index in [-0.39, 0.29) is 0 Å². The highest BCUT2D eigenvalue weighted by Crippen LogP contribution is 2.44. The molecule has 1 N–H and O–H groups in total. The molecular formula is C21H39N3O2. The third-order valence-electron chi connectivity index (χ3n) is 6.31. The first-order chi connectivity index (χ1) is 12.8. The molecule has 5 nitrogen and oxygen atoms in total. The molecule has 1 aliphatic heterocycles. The summed E-state index contributed by atoms with van der Waals surface area (Å²) in [6.07, 6.45) is 12.2. The molecule has 1 saturated heterocycles. The Labute approximate surface area is 159 Å². The third-order valence-corrected chi connectivity index (χ3v) is 6.31. The standard InChI is InChI=1S/C21H39N3O2/c1-3-22-21(23-20-16-19(20)17-8-5-4-6-9-17)24-12-10-18(11-13-24)26-15-7-14-25-2/h17-20H,3-16H2,1-2H3,(H,22,23). The smallest absolute Gasteiger partial charge is 0.194 e. The Balaban J connectivity index is 1.39. The maximum absolute atomic E-state index is 6.00.